The monoisotopic (exact) mass is 332 g/mol. The van der Waals surface area contributed by atoms with E-state index in [9.17, 15) is 0 Å². The smallest absolute Gasteiger partial charge is 0.0210 e. The van der Waals surface area contributed by atoms with E-state index in [0.717, 1.165) is 11.2 Å². The second-order valence-electron chi connectivity index (χ2n) is 4.12. The summed E-state index contributed by atoms with van der Waals surface area (Å²) in [6, 6.07) is 8.54. The first-order chi connectivity index (χ1) is 7.19. The molecule has 0 aliphatic carbocycles. The van der Waals surface area contributed by atoms with Gasteiger partial charge in [-0.3, -0.25) is 0 Å². The number of hydrogen-bond donors (Lipinski definition) is 0. The van der Waals surface area contributed by atoms with Crippen molar-refractivity contribution in [2.75, 3.05) is 5.33 Å². The molecule has 0 radical (unpaired) electrons. The summed E-state index contributed by atoms with van der Waals surface area (Å²) in [7, 11) is 0. The molecule has 0 bridgehead atoms. The molecule has 0 saturated carbocycles. The molecular formula is C13H18Br2. The number of halogens is 2. The van der Waals surface area contributed by atoms with E-state index in [1.165, 1.54) is 22.9 Å². The third-order valence-corrected chi connectivity index (χ3v) is 4.42. The lowest BCUT2D eigenvalue weighted by Gasteiger charge is -2.19. The van der Waals surface area contributed by atoms with Gasteiger partial charge in [-0.05, 0) is 29.9 Å². The average Bonchev–Trinajstić information content (AvgIpc) is 2.26. The Kier molecular flexibility index (Phi) is 5.91. The zero-order valence-corrected chi connectivity index (χ0v) is 12.5. The highest BCUT2D eigenvalue weighted by Gasteiger charge is 2.15. The topological polar surface area (TPSA) is 0 Å². The van der Waals surface area contributed by atoms with E-state index < -0.39 is 0 Å². The maximum atomic E-state index is 3.63. The minimum atomic E-state index is 0.621. The molecule has 2 heteroatoms. The summed E-state index contributed by atoms with van der Waals surface area (Å²) in [5.41, 5.74) is 1.43. The Hall–Kier alpha value is 0.180. The highest BCUT2D eigenvalue weighted by atomic mass is 79.9. The average molecular weight is 334 g/mol. The van der Waals surface area contributed by atoms with Gasteiger partial charge in [0.2, 0.25) is 0 Å². The van der Waals surface area contributed by atoms with Crippen LogP contribution in [-0.4, -0.2) is 5.33 Å². The van der Waals surface area contributed by atoms with Crippen molar-refractivity contribution in [1.82, 2.24) is 0 Å². The van der Waals surface area contributed by atoms with E-state index in [4.69, 9.17) is 0 Å². The number of hydrogen-bond acceptors (Lipinski definition) is 0. The normalized spacial score (nSPS) is 14.9. The van der Waals surface area contributed by atoms with Crippen molar-refractivity contribution in [3.63, 3.8) is 0 Å². The minimum Gasteiger partial charge on any atom is -0.0921 e. The predicted molar refractivity (Wildman–Crippen MR) is 74.7 cm³/mol. The Labute approximate surface area is 110 Å². The zero-order valence-electron chi connectivity index (χ0n) is 9.34. The molecular weight excluding hydrogens is 316 g/mol. The summed E-state index contributed by atoms with van der Waals surface area (Å²) < 4.78 is 1.23. The summed E-state index contributed by atoms with van der Waals surface area (Å²) in [5.74, 6) is 1.41. The molecule has 0 saturated heterocycles. The van der Waals surface area contributed by atoms with Crippen LogP contribution in [0.25, 0.3) is 0 Å². The molecule has 2 atom stereocenters. The standard InChI is InChI=1S/C13H18Br2/c1-3-10(2)8-11(9-14)12-6-4-5-7-13(12)15/h4-7,10-11H,3,8-9H2,1-2H3. The third kappa shape index (κ3) is 3.92. The van der Waals surface area contributed by atoms with Crippen LogP contribution < -0.4 is 0 Å². The van der Waals surface area contributed by atoms with Gasteiger partial charge < -0.3 is 0 Å². The molecule has 0 aliphatic heterocycles. The molecule has 0 heterocycles. The van der Waals surface area contributed by atoms with Crippen LogP contribution in [0.3, 0.4) is 0 Å². The van der Waals surface area contributed by atoms with Crippen molar-refractivity contribution in [3.05, 3.63) is 34.3 Å². The van der Waals surface area contributed by atoms with Gasteiger partial charge in [-0.25, -0.2) is 0 Å². The van der Waals surface area contributed by atoms with Gasteiger partial charge in [0.15, 0.2) is 0 Å². The van der Waals surface area contributed by atoms with Crippen molar-refractivity contribution < 1.29 is 0 Å². The third-order valence-electron chi connectivity index (χ3n) is 2.92. The van der Waals surface area contributed by atoms with E-state index in [0.29, 0.717) is 5.92 Å². The first-order valence-corrected chi connectivity index (χ1v) is 7.40. The van der Waals surface area contributed by atoms with Crippen LogP contribution in [0.4, 0.5) is 0 Å². The first-order valence-electron chi connectivity index (χ1n) is 5.49. The fraction of sp³-hybridized carbons (Fsp3) is 0.538. The Balaban J connectivity index is 2.78. The van der Waals surface area contributed by atoms with Crippen LogP contribution in [0.5, 0.6) is 0 Å². The van der Waals surface area contributed by atoms with Gasteiger partial charge in [-0.2, -0.15) is 0 Å². The molecule has 0 aliphatic rings. The molecule has 0 N–H and O–H groups in total. The zero-order chi connectivity index (χ0) is 11.3. The van der Waals surface area contributed by atoms with Crippen LogP contribution in [0.1, 0.15) is 38.2 Å². The predicted octanol–water partition coefficient (Wildman–Crippen LogP) is 5.36. The molecule has 2 unspecified atom stereocenters. The highest BCUT2D eigenvalue weighted by molar-refractivity contribution is 9.10. The number of rotatable bonds is 5. The van der Waals surface area contributed by atoms with Gasteiger partial charge in [-0.15, -0.1) is 0 Å². The summed E-state index contributed by atoms with van der Waals surface area (Å²) in [5, 5.41) is 1.04. The van der Waals surface area contributed by atoms with Gasteiger partial charge in [0.05, 0.1) is 0 Å². The van der Waals surface area contributed by atoms with Crippen molar-refractivity contribution >= 4 is 31.9 Å². The van der Waals surface area contributed by atoms with Gasteiger partial charge in [-0.1, -0.05) is 70.3 Å². The first kappa shape index (κ1) is 13.2. The molecule has 0 amide bonds. The summed E-state index contributed by atoms with van der Waals surface area (Å²) in [6.45, 7) is 4.59. The van der Waals surface area contributed by atoms with E-state index in [2.05, 4.69) is 70.0 Å². The molecule has 1 aromatic rings. The molecule has 84 valence electrons. The summed E-state index contributed by atoms with van der Waals surface area (Å²) in [4.78, 5) is 0. The lowest BCUT2D eigenvalue weighted by Crippen LogP contribution is -2.06. The Morgan fingerprint density at radius 3 is 2.47 bits per heavy atom. The fourth-order valence-corrected chi connectivity index (χ4v) is 2.95. The molecule has 1 aromatic carbocycles. The van der Waals surface area contributed by atoms with Gasteiger partial charge in [0.1, 0.15) is 0 Å². The van der Waals surface area contributed by atoms with Crippen molar-refractivity contribution in [3.8, 4) is 0 Å². The number of alkyl halides is 1. The van der Waals surface area contributed by atoms with Crippen molar-refractivity contribution in [2.24, 2.45) is 5.92 Å². The van der Waals surface area contributed by atoms with Gasteiger partial charge in [0.25, 0.3) is 0 Å². The largest absolute Gasteiger partial charge is 0.0921 e. The lowest BCUT2D eigenvalue weighted by atomic mass is 9.90. The Bertz CT molecular complexity index is 296. The lowest BCUT2D eigenvalue weighted by molar-refractivity contribution is 0.475. The Morgan fingerprint density at radius 2 is 1.93 bits per heavy atom. The fourth-order valence-electron chi connectivity index (χ4n) is 1.73. The van der Waals surface area contributed by atoms with E-state index in [1.54, 1.807) is 0 Å². The Morgan fingerprint density at radius 1 is 1.27 bits per heavy atom. The van der Waals surface area contributed by atoms with E-state index >= 15 is 0 Å². The van der Waals surface area contributed by atoms with Crippen molar-refractivity contribution in [1.29, 1.82) is 0 Å². The van der Waals surface area contributed by atoms with Crippen LogP contribution in [0, 0.1) is 5.92 Å². The second-order valence-corrected chi connectivity index (χ2v) is 5.62. The molecule has 0 spiro atoms. The minimum absolute atomic E-state index is 0.621. The maximum Gasteiger partial charge on any atom is 0.0210 e. The summed E-state index contributed by atoms with van der Waals surface area (Å²) in [6.07, 6.45) is 2.51. The second kappa shape index (κ2) is 6.70. The molecule has 0 nitrogen and oxygen atoms in total. The SMILES string of the molecule is CCC(C)CC(CBr)c1ccccc1Br. The van der Waals surface area contributed by atoms with E-state index in [-0.39, 0.29) is 0 Å². The number of benzene rings is 1. The van der Waals surface area contributed by atoms with Crippen molar-refractivity contribution in [2.45, 2.75) is 32.6 Å². The molecule has 0 aromatic heterocycles. The molecule has 1 rings (SSSR count). The maximum absolute atomic E-state index is 3.63. The van der Waals surface area contributed by atoms with Crippen LogP contribution in [0.2, 0.25) is 0 Å². The molecule has 15 heavy (non-hydrogen) atoms. The van der Waals surface area contributed by atoms with Gasteiger partial charge in [0, 0.05) is 9.80 Å². The summed E-state index contributed by atoms with van der Waals surface area (Å²) >= 11 is 7.25. The van der Waals surface area contributed by atoms with E-state index in [1.807, 2.05) is 0 Å². The highest BCUT2D eigenvalue weighted by Crippen LogP contribution is 2.31. The van der Waals surface area contributed by atoms with Crippen LogP contribution in [-0.2, 0) is 0 Å². The van der Waals surface area contributed by atoms with Gasteiger partial charge >= 0.3 is 0 Å². The van der Waals surface area contributed by atoms with Crippen LogP contribution >= 0.6 is 31.9 Å². The molecule has 0 fully saturated rings. The quantitative estimate of drug-likeness (QED) is 0.636. The van der Waals surface area contributed by atoms with Crippen LogP contribution in [0.15, 0.2) is 28.7 Å².